The SMILES string of the molecule is CCC1(NCc2ccc(C(=O)O)s2)CCC1. The summed E-state index contributed by atoms with van der Waals surface area (Å²) in [4.78, 5) is 12.3. The lowest BCUT2D eigenvalue weighted by atomic mass is 9.75. The van der Waals surface area contributed by atoms with Crippen LogP contribution in [-0.2, 0) is 6.54 Å². The molecular formula is C12H17NO2S. The topological polar surface area (TPSA) is 49.3 Å². The lowest BCUT2D eigenvalue weighted by molar-refractivity contribution is 0.0702. The zero-order valence-corrected chi connectivity index (χ0v) is 10.3. The molecule has 2 rings (SSSR count). The lowest BCUT2D eigenvalue weighted by Crippen LogP contribution is -2.49. The fourth-order valence-corrected chi connectivity index (χ4v) is 2.91. The summed E-state index contributed by atoms with van der Waals surface area (Å²) in [6.45, 7) is 3.01. The summed E-state index contributed by atoms with van der Waals surface area (Å²) in [7, 11) is 0. The zero-order valence-electron chi connectivity index (χ0n) is 9.45. The first-order valence-electron chi connectivity index (χ1n) is 5.72. The third kappa shape index (κ3) is 2.28. The molecule has 1 fully saturated rings. The molecule has 0 amide bonds. The molecule has 1 aromatic rings. The molecule has 0 spiro atoms. The van der Waals surface area contributed by atoms with E-state index < -0.39 is 5.97 Å². The van der Waals surface area contributed by atoms with Crippen LogP contribution in [0.3, 0.4) is 0 Å². The van der Waals surface area contributed by atoms with Gasteiger partial charge in [-0.15, -0.1) is 11.3 Å². The Morgan fingerprint density at radius 1 is 1.56 bits per heavy atom. The Kier molecular flexibility index (Phi) is 3.30. The predicted molar refractivity (Wildman–Crippen MR) is 65.0 cm³/mol. The summed E-state index contributed by atoms with van der Waals surface area (Å²) in [5.41, 5.74) is 0.327. The second-order valence-corrected chi connectivity index (χ2v) is 5.58. The van der Waals surface area contributed by atoms with Gasteiger partial charge in [0.15, 0.2) is 0 Å². The average Bonchev–Trinajstić information content (AvgIpc) is 2.65. The van der Waals surface area contributed by atoms with Crippen LogP contribution in [0, 0.1) is 0 Å². The summed E-state index contributed by atoms with van der Waals surface area (Å²) >= 11 is 1.36. The number of nitrogens with one attached hydrogen (secondary N) is 1. The number of hydrogen-bond donors (Lipinski definition) is 2. The van der Waals surface area contributed by atoms with Gasteiger partial charge in [-0.1, -0.05) is 6.92 Å². The van der Waals surface area contributed by atoms with Gasteiger partial charge in [-0.2, -0.15) is 0 Å². The van der Waals surface area contributed by atoms with E-state index in [0.717, 1.165) is 17.8 Å². The van der Waals surface area contributed by atoms with Crippen molar-refractivity contribution in [3.8, 4) is 0 Å². The number of aromatic carboxylic acids is 1. The molecule has 4 heteroatoms. The minimum absolute atomic E-state index is 0.327. The molecule has 0 radical (unpaired) electrons. The molecule has 0 aliphatic heterocycles. The third-order valence-electron chi connectivity index (χ3n) is 3.50. The second-order valence-electron chi connectivity index (χ2n) is 4.41. The van der Waals surface area contributed by atoms with Gasteiger partial charge in [0, 0.05) is 17.0 Å². The molecule has 1 aliphatic carbocycles. The van der Waals surface area contributed by atoms with Crippen LogP contribution in [0.1, 0.15) is 47.2 Å². The Hall–Kier alpha value is -0.870. The first-order chi connectivity index (χ1) is 7.65. The maximum absolute atomic E-state index is 10.7. The van der Waals surface area contributed by atoms with Gasteiger partial charge in [0.1, 0.15) is 4.88 Å². The van der Waals surface area contributed by atoms with Crippen molar-refractivity contribution in [1.82, 2.24) is 5.32 Å². The van der Waals surface area contributed by atoms with E-state index in [9.17, 15) is 4.79 Å². The van der Waals surface area contributed by atoms with E-state index in [2.05, 4.69) is 12.2 Å². The van der Waals surface area contributed by atoms with E-state index in [1.165, 1.54) is 30.6 Å². The van der Waals surface area contributed by atoms with Crippen LogP contribution < -0.4 is 5.32 Å². The highest BCUT2D eigenvalue weighted by atomic mass is 32.1. The molecule has 0 bridgehead atoms. The van der Waals surface area contributed by atoms with Crippen LogP contribution in [0.4, 0.5) is 0 Å². The van der Waals surface area contributed by atoms with Gasteiger partial charge in [-0.25, -0.2) is 4.79 Å². The molecular weight excluding hydrogens is 222 g/mol. The van der Waals surface area contributed by atoms with E-state index in [0.29, 0.717) is 10.4 Å². The van der Waals surface area contributed by atoms with Crippen molar-refractivity contribution >= 4 is 17.3 Å². The van der Waals surface area contributed by atoms with Crippen LogP contribution in [-0.4, -0.2) is 16.6 Å². The number of rotatable bonds is 5. The first-order valence-corrected chi connectivity index (χ1v) is 6.54. The number of carbonyl (C=O) groups is 1. The molecule has 0 saturated heterocycles. The summed E-state index contributed by atoms with van der Waals surface area (Å²) in [5, 5.41) is 12.4. The molecule has 1 heterocycles. The summed E-state index contributed by atoms with van der Waals surface area (Å²) in [6.07, 6.45) is 4.97. The third-order valence-corrected chi connectivity index (χ3v) is 4.57. The maximum atomic E-state index is 10.7. The van der Waals surface area contributed by atoms with Crippen LogP contribution in [0.2, 0.25) is 0 Å². The highest BCUT2D eigenvalue weighted by Gasteiger charge is 2.34. The van der Waals surface area contributed by atoms with Crippen LogP contribution in [0.15, 0.2) is 12.1 Å². The molecule has 3 nitrogen and oxygen atoms in total. The van der Waals surface area contributed by atoms with Crippen molar-refractivity contribution in [3.63, 3.8) is 0 Å². The van der Waals surface area contributed by atoms with E-state index in [-0.39, 0.29) is 0 Å². The molecule has 1 aliphatic rings. The fraction of sp³-hybridized carbons (Fsp3) is 0.583. The molecule has 2 N–H and O–H groups in total. The van der Waals surface area contributed by atoms with Crippen molar-refractivity contribution in [1.29, 1.82) is 0 Å². The Bertz CT molecular complexity index is 377. The monoisotopic (exact) mass is 239 g/mol. The van der Waals surface area contributed by atoms with Gasteiger partial charge in [0.25, 0.3) is 0 Å². The molecule has 88 valence electrons. The Morgan fingerprint density at radius 3 is 2.75 bits per heavy atom. The lowest BCUT2D eigenvalue weighted by Gasteiger charge is -2.42. The van der Waals surface area contributed by atoms with E-state index >= 15 is 0 Å². The number of thiophene rings is 1. The largest absolute Gasteiger partial charge is 0.477 e. The van der Waals surface area contributed by atoms with Gasteiger partial charge in [-0.3, -0.25) is 0 Å². The number of carboxylic acid groups (broad SMARTS) is 1. The normalized spacial score (nSPS) is 18.1. The van der Waals surface area contributed by atoms with Crippen LogP contribution in [0.25, 0.3) is 0 Å². The second kappa shape index (κ2) is 4.55. The summed E-state index contributed by atoms with van der Waals surface area (Å²) < 4.78 is 0. The minimum atomic E-state index is -0.829. The molecule has 0 unspecified atom stereocenters. The minimum Gasteiger partial charge on any atom is -0.477 e. The molecule has 1 aromatic heterocycles. The standard InChI is InChI=1S/C12H17NO2S/c1-2-12(6-3-7-12)13-8-9-4-5-10(16-9)11(14)15/h4-5,13H,2-3,6-8H2,1H3,(H,14,15). The van der Waals surface area contributed by atoms with Crippen molar-refractivity contribution in [3.05, 3.63) is 21.9 Å². The van der Waals surface area contributed by atoms with Gasteiger partial charge in [-0.05, 0) is 37.8 Å². The van der Waals surface area contributed by atoms with Crippen molar-refractivity contribution < 1.29 is 9.90 Å². The van der Waals surface area contributed by atoms with Crippen LogP contribution in [0.5, 0.6) is 0 Å². The molecule has 1 saturated carbocycles. The highest BCUT2D eigenvalue weighted by Crippen LogP contribution is 2.35. The van der Waals surface area contributed by atoms with Gasteiger partial charge in [0.05, 0.1) is 0 Å². The Morgan fingerprint density at radius 2 is 2.31 bits per heavy atom. The molecule has 0 atom stereocenters. The van der Waals surface area contributed by atoms with Gasteiger partial charge >= 0.3 is 5.97 Å². The van der Waals surface area contributed by atoms with Crippen molar-refractivity contribution in [2.45, 2.75) is 44.7 Å². The van der Waals surface area contributed by atoms with Crippen molar-refractivity contribution in [2.24, 2.45) is 0 Å². The Balaban J connectivity index is 1.91. The number of hydrogen-bond acceptors (Lipinski definition) is 3. The molecule has 0 aromatic carbocycles. The number of carboxylic acids is 1. The van der Waals surface area contributed by atoms with Crippen molar-refractivity contribution in [2.75, 3.05) is 0 Å². The zero-order chi connectivity index (χ0) is 11.6. The molecule has 16 heavy (non-hydrogen) atoms. The van der Waals surface area contributed by atoms with Gasteiger partial charge in [0.2, 0.25) is 0 Å². The first kappa shape index (κ1) is 11.6. The van der Waals surface area contributed by atoms with E-state index in [1.54, 1.807) is 6.07 Å². The average molecular weight is 239 g/mol. The fourth-order valence-electron chi connectivity index (χ4n) is 2.12. The Labute approximate surface area is 99.5 Å². The van der Waals surface area contributed by atoms with Gasteiger partial charge < -0.3 is 10.4 Å². The summed E-state index contributed by atoms with van der Waals surface area (Å²) in [6, 6.07) is 3.59. The smallest absolute Gasteiger partial charge is 0.345 e. The van der Waals surface area contributed by atoms with E-state index in [1.807, 2.05) is 6.07 Å². The highest BCUT2D eigenvalue weighted by molar-refractivity contribution is 7.13. The van der Waals surface area contributed by atoms with Crippen LogP contribution >= 0.6 is 11.3 Å². The predicted octanol–water partition coefficient (Wildman–Crippen LogP) is 2.87. The van der Waals surface area contributed by atoms with E-state index in [4.69, 9.17) is 5.11 Å². The quantitative estimate of drug-likeness (QED) is 0.830. The maximum Gasteiger partial charge on any atom is 0.345 e. The summed E-state index contributed by atoms with van der Waals surface area (Å²) in [5.74, 6) is -0.829.